The molecule has 0 radical (unpaired) electrons. The van der Waals surface area contributed by atoms with Gasteiger partial charge in [0.1, 0.15) is 11.6 Å². The number of carbonyl (C=O) groups excluding carboxylic acids is 1. The number of carboxylic acids is 1. The fourth-order valence-electron chi connectivity index (χ4n) is 6.68. The highest BCUT2D eigenvalue weighted by Gasteiger charge is 2.55. The standard InChI is InChI=1S/C30H32F5NO4/c1-28(32,30(33,34)35)21-8-11-24-25(14-21)40-17-22-16-36(26(37)19-4-6-20(7-5-19)27(38)39)13-12-29(22,24)15-18-2-9-23(31)10-3-18/h2-3,8-11,14,19-20,22H,4-7,12-13,15-17H2,1H3,(H,38,39). The van der Waals surface area contributed by atoms with Crippen molar-refractivity contribution < 1.29 is 41.4 Å². The Hall–Kier alpha value is -3.17. The third-order valence-electron chi connectivity index (χ3n) is 9.25. The molecular formula is C30H32F5NO4. The number of hydrogen-bond donors (Lipinski definition) is 1. The highest BCUT2D eigenvalue weighted by atomic mass is 19.4. The maximum Gasteiger partial charge on any atom is 0.426 e. The van der Waals surface area contributed by atoms with Crippen LogP contribution in [0.15, 0.2) is 42.5 Å². The maximum absolute atomic E-state index is 14.8. The van der Waals surface area contributed by atoms with Gasteiger partial charge in [-0.1, -0.05) is 24.3 Å². The van der Waals surface area contributed by atoms with E-state index in [1.165, 1.54) is 18.2 Å². The molecule has 0 spiro atoms. The van der Waals surface area contributed by atoms with Gasteiger partial charge < -0.3 is 14.7 Å². The Bertz CT molecular complexity index is 1270. The van der Waals surface area contributed by atoms with Crippen molar-refractivity contribution in [2.45, 2.75) is 62.7 Å². The highest BCUT2D eigenvalue weighted by Crippen LogP contribution is 2.52. The van der Waals surface area contributed by atoms with Gasteiger partial charge >= 0.3 is 12.1 Å². The number of piperidine rings is 1. The van der Waals surface area contributed by atoms with E-state index in [9.17, 15) is 36.6 Å². The summed E-state index contributed by atoms with van der Waals surface area (Å²) in [5.74, 6) is -1.92. The van der Waals surface area contributed by atoms with E-state index in [1.54, 1.807) is 17.0 Å². The van der Waals surface area contributed by atoms with Crippen molar-refractivity contribution in [1.82, 2.24) is 4.90 Å². The molecular weight excluding hydrogens is 533 g/mol. The molecule has 216 valence electrons. The van der Waals surface area contributed by atoms with Crippen LogP contribution in [0, 0.1) is 23.6 Å². The molecule has 3 unspecified atom stereocenters. The summed E-state index contributed by atoms with van der Waals surface area (Å²) in [5.41, 5.74) is -3.22. The van der Waals surface area contributed by atoms with Crippen LogP contribution in [0.4, 0.5) is 22.0 Å². The van der Waals surface area contributed by atoms with Gasteiger partial charge in [-0.05, 0) is 69.2 Å². The number of benzene rings is 2. The number of ether oxygens (including phenoxy) is 1. The molecule has 5 nitrogen and oxygen atoms in total. The minimum atomic E-state index is -5.10. The zero-order valence-corrected chi connectivity index (χ0v) is 22.1. The minimum Gasteiger partial charge on any atom is -0.493 e. The second-order valence-corrected chi connectivity index (χ2v) is 11.6. The molecule has 2 aromatic rings. The monoisotopic (exact) mass is 565 g/mol. The van der Waals surface area contributed by atoms with Crippen molar-refractivity contribution >= 4 is 11.9 Å². The molecule has 40 heavy (non-hydrogen) atoms. The summed E-state index contributed by atoms with van der Waals surface area (Å²) >= 11 is 0. The number of amides is 1. The Labute approximate surface area is 229 Å². The van der Waals surface area contributed by atoms with Gasteiger partial charge in [-0.15, -0.1) is 0 Å². The van der Waals surface area contributed by atoms with Crippen LogP contribution in [-0.4, -0.2) is 47.8 Å². The lowest BCUT2D eigenvalue weighted by molar-refractivity contribution is -0.228. The summed E-state index contributed by atoms with van der Waals surface area (Å²) in [4.78, 5) is 26.6. The summed E-state index contributed by atoms with van der Waals surface area (Å²) in [5, 5.41) is 9.28. The molecule has 1 amide bonds. The Kier molecular flexibility index (Phi) is 7.33. The molecule has 2 heterocycles. The Morgan fingerprint density at radius 1 is 1.02 bits per heavy atom. The summed E-state index contributed by atoms with van der Waals surface area (Å²) < 4.78 is 74.7. The largest absolute Gasteiger partial charge is 0.493 e. The molecule has 2 aromatic carbocycles. The van der Waals surface area contributed by atoms with Crippen LogP contribution < -0.4 is 4.74 Å². The molecule has 1 N–H and O–H groups in total. The second-order valence-electron chi connectivity index (χ2n) is 11.6. The van der Waals surface area contributed by atoms with Crippen LogP contribution in [0.5, 0.6) is 5.75 Å². The number of likely N-dealkylation sites (tertiary alicyclic amines) is 1. The minimum absolute atomic E-state index is 0.0151. The number of fused-ring (bicyclic) bond motifs is 3. The van der Waals surface area contributed by atoms with Crippen LogP contribution in [0.2, 0.25) is 0 Å². The van der Waals surface area contributed by atoms with Gasteiger partial charge in [0.05, 0.1) is 12.5 Å². The molecule has 10 heteroatoms. The van der Waals surface area contributed by atoms with Gasteiger partial charge in [0.2, 0.25) is 11.6 Å². The summed E-state index contributed by atoms with van der Waals surface area (Å²) in [6.45, 7) is 1.38. The third kappa shape index (κ3) is 5.05. The van der Waals surface area contributed by atoms with Crippen LogP contribution in [0.3, 0.4) is 0 Å². The average molecular weight is 566 g/mol. The molecule has 0 bridgehead atoms. The zero-order valence-electron chi connectivity index (χ0n) is 22.1. The normalized spacial score (nSPS) is 28.1. The first-order chi connectivity index (χ1) is 18.8. The van der Waals surface area contributed by atoms with E-state index < -0.39 is 34.7 Å². The zero-order chi connectivity index (χ0) is 28.9. The fraction of sp³-hybridized carbons (Fsp3) is 0.533. The van der Waals surface area contributed by atoms with E-state index in [0.717, 1.165) is 17.7 Å². The van der Waals surface area contributed by atoms with E-state index in [1.807, 2.05) is 0 Å². The van der Waals surface area contributed by atoms with Crippen LogP contribution >= 0.6 is 0 Å². The van der Waals surface area contributed by atoms with E-state index in [4.69, 9.17) is 4.74 Å². The van der Waals surface area contributed by atoms with Crippen molar-refractivity contribution in [2.24, 2.45) is 17.8 Å². The summed E-state index contributed by atoms with van der Waals surface area (Å²) in [6.07, 6.45) is -2.20. The predicted molar refractivity (Wildman–Crippen MR) is 136 cm³/mol. The van der Waals surface area contributed by atoms with Crippen molar-refractivity contribution in [2.75, 3.05) is 19.7 Å². The van der Waals surface area contributed by atoms with Crippen LogP contribution in [0.1, 0.15) is 55.7 Å². The van der Waals surface area contributed by atoms with E-state index in [0.29, 0.717) is 64.1 Å². The van der Waals surface area contributed by atoms with E-state index >= 15 is 0 Å². The van der Waals surface area contributed by atoms with Crippen molar-refractivity contribution in [3.8, 4) is 5.75 Å². The molecule has 3 atom stereocenters. The first-order valence-electron chi connectivity index (χ1n) is 13.6. The number of carboxylic acid groups (broad SMARTS) is 1. The molecule has 1 saturated heterocycles. The Morgan fingerprint density at radius 3 is 2.30 bits per heavy atom. The quantitative estimate of drug-likeness (QED) is 0.440. The van der Waals surface area contributed by atoms with Gasteiger partial charge in [0, 0.05) is 41.5 Å². The average Bonchev–Trinajstić information content (AvgIpc) is 2.92. The van der Waals surface area contributed by atoms with Crippen LogP contribution in [-0.2, 0) is 27.1 Å². The number of alkyl halides is 4. The van der Waals surface area contributed by atoms with Gasteiger partial charge in [0.25, 0.3) is 0 Å². The predicted octanol–water partition coefficient (Wildman–Crippen LogP) is 6.19. The molecule has 5 rings (SSSR count). The van der Waals surface area contributed by atoms with E-state index in [2.05, 4.69) is 0 Å². The summed E-state index contributed by atoms with van der Waals surface area (Å²) in [7, 11) is 0. The van der Waals surface area contributed by atoms with Crippen LogP contribution in [0.25, 0.3) is 0 Å². The van der Waals surface area contributed by atoms with Gasteiger partial charge in [0.15, 0.2) is 0 Å². The van der Waals surface area contributed by atoms with Crippen molar-refractivity contribution in [3.63, 3.8) is 0 Å². The maximum atomic E-state index is 14.8. The van der Waals surface area contributed by atoms with Gasteiger partial charge in [-0.2, -0.15) is 13.2 Å². The lowest BCUT2D eigenvalue weighted by atomic mass is 9.61. The number of aliphatic carboxylic acids is 1. The molecule has 1 saturated carbocycles. The van der Waals surface area contributed by atoms with E-state index in [-0.39, 0.29) is 35.9 Å². The third-order valence-corrected chi connectivity index (χ3v) is 9.25. The SMILES string of the molecule is CC(F)(c1ccc2c(c1)OCC1CN(C(=O)C3CCC(C(=O)O)CC3)CCC21Cc1ccc(F)cc1)C(F)(F)F. The number of rotatable bonds is 5. The highest BCUT2D eigenvalue weighted by molar-refractivity contribution is 5.80. The number of halogens is 5. The second kappa shape index (κ2) is 10.3. The number of nitrogens with zero attached hydrogens (tertiary/aromatic N) is 1. The van der Waals surface area contributed by atoms with Gasteiger partial charge in [-0.3, -0.25) is 9.59 Å². The van der Waals surface area contributed by atoms with Crippen molar-refractivity contribution in [1.29, 1.82) is 0 Å². The molecule has 2 aliphatic heterocycles. The molecule has 3 aliphatic rings. The lowest BCUT2D eigenvalue weighted by Gasteiger charge is -2.52. The smallest absolute Gasteiger partial charge is 0.426 e. The lowest BCUT2D eigenvalue weighted by Crippen LogP contribution is -2.57. The Morgan fingerprint density at radius 2 is 1.68 bits per heavy atom. The molecule has 1 aliphatic carbocycles. The molecule has 2 fully saturated rings. The first kappa shape index (κ1) is 28.4. The fourth-order valence-corrected chi connectivity index (χ4v) is 6.68. The van der Waals surface area contributed by atoms with Gasteiger partial charge in [-0.25, -0.2) is 8.78 Å². The molecule has 0 aromatic heterocycles. The first-order valence-corrected chi connectivity index (χ1v) is 13.6. The number of hydrogen-bond acceptors (Lipinski definition) is 3. The topological polar surface area (TPSA) is 66.8 Å². The Balaban J connectivity index is 1.44. The summed E-state index contributed by atoms with van der Waals surface area (Å²) in [6, 6.07) is 9.85. The van der Waals surface area contributed by atoms with Crippen molar-refractivity contribution in [3.05, 3.63) is 65.0 Å². The number of carbonyl (C=O) groups is 2.